The molecule has 12 N–H and O–H groups in total. The van der Waals surface area contributed by atoms with Crippen LogP contribution in [0, 0.1) is 5.92 Å². The molecule has 1 aromatic heterocycles. The van der Waals surface area contributed by atoms with E-state index in [1.54, 1.807) is 12.1 Å². The molecule has 0 aliphatic heterocycles. The van der Waals surface area contributed by atoms with Gasteiger partial charge in [-0.1, -0.05) is 26.0 Å². The third-order valence-corrected chi connectivity index (χ3v) is 6.25. The molecule has 1 heterocycles. The fraction of sp³-hybridized carbons (Fsp3) is 0.481. The number of carbonyl (C=O) groups excluding carboxylic acids is 3. The molecule has 0 spiro atoms. The molecule has 4 unspecified atom stereocenters. The van der Waals surface area contributed by atoms with E-state index >= 15 is 0 Å². The normalized spacial score (nSPS) is 13.8. The average molecular weight is 588 g/mol. The van der Waals surface area contributed by atoms with Gasteiger partial charge in [0.2, 0.25) is 17.7 Å². The molecule has 0 fully saturated rings. The number of imidazole rings is 1. The minimum absolute atomic E-state index is 0.000671. The first-order valence-corrected chi connectivity index (χ1v) is 13.6. The molecule has 3 amide bonds. The molecule has 0 saturated carbocycles. The summed E-state index contributed by atoms with van der Waals surface area (Å²) in [6, 6.07) is 1.49. The monoisotopic (exact) mass is 587 g/mol. The quantitative estimate of drug-likeness (QED) is 0.0610. The maximum atomic E-state index is 13.4. The number of phenols is 1. The van der Waals surface area contributed by atoms with Crippen molar-refractivity contribution in [1.29, 1.82) is 0 Å². The zero-order valence-corrected chi connectivity index (χ0v) is 23.7. The first-order valence-electron chi connectivity index (χ1n) is 13.6. The third kappa shape index (κ3) is 11.8. The molecule has 0 saturated heterocycles. The average Bonchev–Trinajstić information content (AvgIpc) is 3.43. The van der Waals surface area contributed by atoms with Gasteiger partial charge >= 0.3 is 5.97 Å². The number of phenolic OH excluding ortho intramolecular Hbond substituents is 1. The van der Waals surface area contributed by atoms with Crippen LogP contribution in [0.25, 0.3) is 0 Å². The van der Waals surface area contributed by atoms with Crippen LogP contribution in [0.4, 0.5) is 0 Å². The summed E-state index contributed by atoms with van der Waals surface area (Å²) < 4.78 is 0. The fourth-order valence-electron chi connectivity index (χ4n) is 4.07. The van der Waals surface area contributed by atoms with Gasteiger partial charge in [0, 0.05) is 31.3 Å². The molecule has 42 heavy (non-hydrogen) atoms. The molecule has 0 radical (unpaired) electrons. The number of hydrogen-bond donors (Lipinski definition) is 9. The number of nitrogens with zero attached hydrogens (tertiary/aromatic N) is 2. The Balaban J connectivity index is 2.16. The molecule has 0 aliphatic carbocycles. The van der Waals surface area contributed by atoms with Gasteiger partial charge in [0.05, 0.1) is 12.4 Å². The van der Waals surface area contributed by atoms with Gasteiger partial charge in [0.1, 0.15) is 23.9 Å². The number of aliphatic imine (C=N–C) groups is 1. The summed E-state index contributed by atoms with van der Waals surface area (Å²) in [7, 11) is 0. The van der Waals surface area contributed by atoms with Gasteiger partial charge in [0.15, 0.2) is 5.96 Å². The third-order valence-electron chi connectivity index (χ3n) is 6.25. The Labute approximate surface area is 243 Å². The second kappa shape index (κ2) is 16.6. The van der Waals surface area contributed by atoms with Gasteiger partial charge in [0.25, 0.3) is 0 Å². The summed E-state index contributed by atoms with van der Waals surface area (Å²) in [5.74, 6) is -3.24. The van der Waals surface area contributed by atoms with Crippen molar-refractivity contribution in [2.75, 3.05) is 6.54 Å². The van der Waals surface area contributed by atoms with Crippen molar-refractivity contribution in [3.63, 3.8) is 0 Å². The van der Waals surface area contributed by atoms with E-state index in [2.05, 4.69) is 30.9 Å². The summed E-state index contributed by atoms with van der Waals surface area (Å²) in [5, 5.41) is 27.1. The molecule has 0 bridgehead atoms. The number of aromatic hydroxyl groups is 1. The Kier molecular flexibility index (Phi) is 13.2. The largest absolute Gasteiger partial charge is 0.508 e. The van der Waals surface area contributed by atoms with Crippen LogP contribution < -0.4 is 33.2 Å². The smallest absolute Gasteiger partial charge is 0.326 e. The Morgan fingerprint density at radius 2 is 1.57 bits per heavy atom. The number of carbonyl (C=O) groups is 4. The molecular formula is C27H41N9O6. The number of carboxylic acid groups (broad SMARTS) is 1. The number of aliphatic carboxylic acids is 1. The standard InChI is InChI=1S/C27H41N9O6/c1-15(2)10-20(34-23(38)19(28)4-3-9-32-27(29)30)24(39)35-21(12-17-13-31-14-33-17)25(40)36-22(26(41)42)11-16-5-7-18(37)8-6-16/h5-8,13-15,19-22,37H,3-4,9-12,28H2,1-2H3,(H,31,33)(H,34,38)(H,35,39)(H,36,40)(H,41,42)(H4,29,30,32). The topological polar surface area (TPSA) is 264 Å². The highest BCUT2D eigenvalue weighted by atomic mass is 16.4. The van der Waals surface area contributed by atoms with Crippen molar-refractivity contribution in [3.05, 3.63) is 48.0 Å². The molecule has 4 atom stereocenters. The Hall–Kier alpha value is -4.66. The molecule has 0 aliphatic rings. The summed E-state index contributed by atoms with van der Waals surface area (Å²) >= 11 is 0. The van der Waals surface area contributed by atoms with E-state index in [0.717, 1.165) is 0 Å². The summed E-state index contributed by atoms with van der Waals surface area (Å²) in [6.45, 7) is 4.04. The predicted octanol–water partition coefficient (Wildman–Crippen LogP) is -1.13. The van der Waals surface area contributed by atoms with E-state index in [-0.39, 0.29) is 43.3 Å². The molecule has 2 aromatic rings. The number of H-pyrrole nitrogens is 1. The maximum Gasteiger partial charge on any atom is 0.326 e. The Morgan fingerprint density at radius 3 is 2.14 bits per heavy atom. The number of carboxylic acids is 1. The lowest BCUT2D eigenvalue weighted by molar-refractivity contribution is -0.142. The summed E-state index contributed by atoms with van der Waals surface area (Å²) in [5.41, 5.74) is 17.7. The van der Waals surface area contributed by atoms with Crippen LogP contribution in [-0.2, 0) is 32.0 Å². The summed E-state index contributed by atoms with van der Waals surface area (Å²) in [6.07, 6.45) is 3.81. The number of nitrogens with two attached hydrogens (primary N) is 3. The lowest BCUT2D eigenvalue weighted by Crippen LogP contribution is -2.58. The van der Waals surface area contributed by atoms with E-state index < -0.39 is 47.9 Å². The first-order chi connectivity index (χ1) is 19.8. The molecule has 15 heteroatoms. The first kappa shape index (κ1) is 33.5. The van der Waals surface area contributed by atoms with Crippen LogP contribution in [0.1, 0.15) is 44.4 Å². The van der Waals surface area contributed by atoms with Gasteiger partial charge in [-0.3, -0.25) is 19.4 Å². The number of nitrogens with one attached hydrogen (secondary N) is 4. The number of guanidine groups is 1. The van der Waals surface area contributed by atoms with E-state index in [1.807, 2.05) is 13.8 Å². The highest BCUT2D eigenvalue weighted by Gasteiger charge is 2.31. The predicted molar refractivity (Wildman–Crippen MR) is 155 cm³/mol. The zero-order chi connectivity index (χ0) is 31.2. The molecule has 1 aromatic carbocycles. The number of aromatic amines is 1. The number of amides is 3. The van der Waals surface area contributed by atoms with Gasteiger partial charge in [-0.25, -0.2) is 9.78 Å². The maximum absolute atomic E-state index is 13.4. The second-order valence-corrected chi connectivity index (χ2v) is 10.4. The zero-order valence-electron chi connectivity index (χ0n) is 23.7. The van der Waals surface area contributed by atoms with Crippen molar-refractivity contribution in [2.45, 2.75) is 70.1 Å². The minimum Gasteiger partial charge on any atom is -0.508 e. The van der Waals surface area contributed by atoms with Crippen LogP contribution in [0.15, 0.2) is 41.8 Å². The van der Waals surface area contributed by atoms with E-state index in [0.29, 0.717) is 24.2 Å². The molecular weight excluding hydrogens is 546 g/mol. The number of rotatable bonds is 17. The van der Waals surface area contributed by atoms with Crippen LogP contribution in [-0.4, -0.2) is 80.5 Å². The highest BCUT2D eigenvalue weighted by Crippen LogP contribution is 2.12. The van der Waals surface area contributed by atoms with Crippen LogP contribution in [0.5, 0.6) is 5.75 Å². The molecule has 15 nitrogen and oxygen atoms in total. The van der Waals surface area contributed by atoms with Gasteiger partial charge in [-0.2, -0.15) is 0 Å². The van der Waals surface area contributed by atoms with Gasteiger partial charge in [-0.05, 0) is 42.9 Å². The van der Waals surface area contributed by atoms with Crippen molar-refractivity contribution in [2.24, 2.45) is 28.1 Å². The van der Waals surface area contributed by atoms with Gasteiger partial charge < -0.3 is 48.3 Å². The van der Waals surface area contributed by atoms with Crippen molar-refractivity contribution in [1.82, 2.24) is 25.9 Å². The number of hydrogen-bond acceptors (Lipinski definition) is 8. The van der Waals surface area contributed by atoms with E-state index in [1.165, 1.54) is 24.7 Å². The van der Waals surface area contributed by atoms with Gasteiger partial charge in [-0.15, -0.1) is 0 Å². The van der Waals surface area contributed by atoms with Crippen molar-refractivity contribution >= 4 is 29.7 Å². The van der Waals surface area contributed by atoms with Crippen LogP contribution in [0.3, 0.4) is 0 Å². The Morgan fingerprint density at radius 1 is 0.952 bits per heavy atom. The van der Waals surface area contributed by atoms with Crippen LogP contribution >= 0.6 is 0 Å². The Bertz CT molecular complexity index is 1200. The number of aromatic nitrogens is 2. The highest BCUT2D eigenvalue weighted by molar-refractivity contribution is 5.94. The lowest BCUT2D eigenvalue weighted by Gasteiger charge is -2.26. The molecule has 2 rings (SSSR count). The van der Waals surface area contributed by atoms with Crippen LogP contribution in [0.2, 0.25) is 0 Å². The van der Waals surface area contributed by atoms with E-state index in [9.17, 15) is 29.4 Å². The van der Waals surface area contributed by atoms with Crippen molar-refractivity contribution in [3.8, 4) is 5.75 Å². The molecule has 230 valence electrons. The number of benzene rings is 1. The summed E-state index contributed by atoms with van der Waals surface area (Å²) in [4.78, 5) is 62.1. The fourth-order valence-corrected chi connectivity index (χ4v) is 4.07. The minimum atomic E-state index is -1.31. The SMILES string of the molecule is CC(C)CC(NC(=O)C(N)CCCN=C(N)N)C(=O)NC(Cc1cnc[nH]1)C(=O)NC(Cc1ccc(O)cc1)C(=O)O. The van der Waals surface area contributed by atoms with Crippen molar-refractivity contribution < 1.29 is 29.4 Å². The lowest BCUT2D eigenvalue weighted by atomic mass is 10.0. The second-order valence-electron chi connectivity index (χ2n) is 10.4. The van der Waals surface area contributed by atoms with E-state index in [4.69, 9.17) is 17.2 Å².